The maximum Gasteiger partial charge on any atom is 0.231 e. The molecule has 5 heteroatoms. The molecular formula is C19H23NO2S2. The highest BCUT2D eigenvalue weighted by molar-refractivity contribution is 7.98. The Morgan fingerprint density at radius 2 is 2.00 bits per heavy atom. The van der Waals surface area contributed by atoms with Crippen LogP contribution in [0.15, 0.2) is 46.7 Å². The zero-order chi connectivity index (χ0) is 17.0. The first kappa shape index (κ1) is 17.5. The topological polar surface area (TPSA) is 49.3 Å². The van der Waals surface area contributed by atoms with E-state index < -0.39 is 11.5 Å². The third kappa shape index (κ3) is 3.53. The second-order valence-corrected chi connectivity index (χ2v) is 8.09. The SMILES string of the molecule is CSc1ccc(C(O)CNC(=O)C2(c3cccs3)CCCC2)cc1. The molecule has 0 saturated heterocycles. The molecule has 0 bridgehead atoms. The summed E-state index contributed by atoms with van der Waals surface area (Å²) in [5.41, 5.74) is 0.445. The predicted octanol–water partition coefficient (Wildman–Crippen LogP) is 4.13. The first-order valence-electron chi connectivity index (χ1n) is 8.30. The first-order chi connectivity index (χ1) is 11.7. The monoisotopic (exact) mass is 361 g/mol. The normalized spacial score (nSPS) is 17.6. The molecule has 128 valence electrons. The molecule has 3 nitrogen and oxygen atoms in total. The van der Waals surface area contributed by atoms with Gasteiger partial charge in [-0.3, -0.25) is 4.79 Å². The van der Waals surface area contributed by atoms with Crippen molar-refractivity contribution in [3.63, 3.8) is 0 Å². The molecule has 1 aromatic heterocycles. The summed E-state index contributed by atoms with van der Waals surface area (Å²) in [6, 6.07) is 11.9. The van der Waals surface area contributed by atoms with Gasteiger partial charge in [-0.15, -0.1) is 23.1 Å². The second kappa shape index (κ2) is 7.72. The van der Waals surface area contributed by atoms with Gasteiger partial charge in [-0.25, -0.2) is 0 Å². The van der Waals surface area contributed by atoms with Crippen LogP contribution in [0.2, 0.25) is 0 Å². The van der Waals surface area contributed by atoms with Crippen LogP contribution in [-0.2, 0) is 10.2 Å². The highest BCUT2D eigenvalue weighted by atomic mass is 32.2. The van der Waals surface area contributed by atoms with Crippen molar-refractivity contribution in [2.75, 3.05) is 12.8 Å². The molecule has 0 aliphatic heterocycles. The molecule has 1 aromatic carbocycles. The maximum absolute atomic E-state index is 12.9. The standard InChI is InChI=1S/C19H23NO2S2/c1-23-15-8-6-14(7-9-15)16(21)13-20-18(22)19(10-2-3-11-19)17-5-4-12-24-17/h4-9,12,16,21H,2-3,10-11,13H2,1H3,(H,20,22). The molecule has 1 heterocycles. The van der Waals surface area contributed by atoms with E-state index in [1.54, 1.807) is 23.1 Å². The number of carbonyl (C=O) groups excluding carboxylic acids is 1. The molecule has 1 saturated carbocycles. The van der Waals surface area contributed by atoms with Crippen LogP contribution in [-0.4, -0.2) is 23.8 Å². The average molecular weight is 362 g/mol. The summed E-state index contributed by atoms with van der Waals surface area (Å²) >= 11 is 3.33. The molecule has 2 N–H and O–H groups in total. The molecule has 3 rings (SSSR count). The lowest BCUT2D eigenvalue weighted by molar-refractivity contribution is -0.127. The second-order valence-electron chi connectivity index (χ2n) is 6.27. The Bertz CT molecular complexity index is 661. The largest absolute Gasteiger partial charge is 0.387 e. The number of thiophene rings is 1. The molecule has 2 aromatic rings. The van der Waals surface area contributed by atoms with Crippen LogP contribution in [0.5, 0.6) is 0 Å². The lowest BCUT2D eigenvalue weighted by Crippen LogP contribution is -2.43. The minimum atomic E-state index is -0.674. The molecule has 24 heavy (non-hydrogen) atoms. The van der Waals surface area contributed by atoms with Gasteiger partial charge < -0.3 is 10.4 Å². The van der Waals surface area contributed by atoms with Gasteiger partial charge in [-0.2, -0.15) is 0 Å². The van der Waals surface area contributed by atoms with Gasteiger partial charge in [0.1, 0.15) is 0 Å². The minimum Gasteiger partial charge on any atom is -0.387 e. The van der Waals surface area contributed by atoms with Gasteiger partial charge >= 0.3 is 0 Å². The molecule has 1 aliphatic carbocycles. The van der Waals surface area contributed by atoms with Gasteiger partial charge in [0.25, 0.3) is 0 Å². The molecule has 1 fully saturated rings. The highest BCUT2D eigenvalue weighted by Crippen LogP contribution is 2.43. The van der Waals surface area contributed by atoms with Crippen LogP contribution >= 0.6 is 23.1 Å². The van der Waals surface area contributed by atoms with E-state index in [0.717, 1.165) is 41.0 Å². The number of benzene rings is 1. The van der Waals surface area contributed by atoms with Gasteiger partial charge in [-0.05, 0) is 48.2 Å². The van der Waals surface area contributed by atoms with Gasteiger partial charge in [0.2, 0.25) is 5.91 Å². The summed E-state index contributed by atoms with van der Waals surface area (Å²) < 4.78 is 0. The molecular weight excluding hydrogens is 338 g/mol. The van der Waals surface area contributed by atoms with Gasteiger partial charge in [0, 0.05) is 16.3 Å². The number of carbonyl (C=O) groups is 1. The first-order valence-corrected chi connectivity index (χ1v) is 10.4. The number of nitrogens with one attached hydrogen (secondary N) is 1. The van der Waals surface area contributed by atoms with E-state index in [1.165, 1.54) is 0 Å². The molecule has 0 radical (unpaired) electrons. The molecule has 0 spiro atoms. The van der Waals surface area contributed by atoms with Crippen molar-refractivity contribution < 1.29 is 9.90 Å². The fraction of sp³-hybridized carbons (Fsp3) is 0.421. The van der Waals surface area contributed by atoms with Gasteiger partial charge in [-0.1, -0.05) is 31.0 Å². The van der Waals surface area contributed by atoms with Crippen molar-refractivity contribution in [3.8, 4) is 0 Å². The quantitative estimate of drug-likeness (QED) is 0.761. The number of rotatable bonds is 6. The third-order valence-electron chi connectivity index (χ3n) is 4.84. The lowest BCUT2D eigenvalue weighted by atomic mass is 9.83. The zero-order valence-electron chi connectivity index (χ0n) is 13.8. The summed E-state index contributed by atoms with van der Waals surface area (Å²) in [5.74, 6) is 0.0576. The number of thioether (sulfide) groups is 1. The van der Waals surface area contributed by atoms with E-state index in [-0.39, 0.29) is 12.5 Å². The van der Waals surface area contributed by atoms with Crippen molar-refractivity contribution >= 4 is 29.0 Å². The predicted molar refractivity (Wildman–Crippen MR) is 101 cm³/mol. The van der Waals surface area contributed by atoms with Crippen LogP contribution in [0.1, 0.15) is 42.2 Å². The van der Waals surface area contributed by atoms with E-state index in [2.05, 4.69) is 11.4 Å². The maximum atomic E-state index is 12.9. The van der Waals surface area contributed by atoms with Crippen molar-refractivity contribution in [1.29, 1.82) is 0 Å². The Labute approximate surface area is 151 Å². The van der Waals surface area contributed by atoms with Crippen molar-refractivity contribution in [3.05, 3.63) is 52.2 Å². The third-order valence-corrected chi connectivity index (χ3v) is 6.66. The van der Waals surface area contributed by atoms with Crippen LogP contribution in [0.3, 0.4) is 0 Å². The fourth-order valence-electron chi connectivity index (χ4n) is 3.42. The van der Waals surface area contributed by atoms with Gasteiger partial charge in [0.05, 0.1) is 11.5 Å². The average Bonchev–Trinajstić information content (AvgIpc) is 3.31. The Kier molecular flexibility index (Phi) is 5.64. The number of aliphatic hydroxyl groups is 1. The summed E-state index contributed by atoms with van der Waals surface area (Å²) in [5, 5.41) is 15.4. The Morgan fingerprint density at radius 3 is 2.58 bits per heavy atom. The number of aliphatic hydroxyl groups excluding tert-OH is 1. The minimum absolute atomic E-state index is 0.0576. The van der Waals surface area contributed by atoms with Crippen LogP contribution in [0.4, 0.5) is 0 Å². The smallest absolute Gasteiger partial charge is 0.231 e. The molecule has 1 unspecified atom stereocenters. The van der Waals surface area contributed by atoms with E-state index in [1.807, 2.05) is 42.0 Å². The Morgan fingerprint density at radius 1 is 1.29 bits per heavy atom. The Hall–Kier alpha value is -1.30. The lowest BCUT2D eigenvalue weighted by Gasteiger charge is -2.27. The number of hydrogen-bond donors (Lipinski definition) is 2. The highest BCUT2D eigenvalue weighted by Gasteiger charge is 2.43. The van der Waals surface area contributed by atoms with E-state index in [4.69, 9.17) is 0 Å². The molecule has 1 atom stereocenters. The molecule has 1 amide bonds. The van der Waals surface area contributed by atoms with Crippen LogP contribution < -0.4 is 5.32 Å². The van der Waals surface area contributed by atoms with Crippen molar-refractivity contribution in [2.45, 2.75) is 42.1 Å². The summed E-state index contributed by atoms with van der Waals surface area (Å²) in [7, 11) is 0. The zero-order valence-corrected chi connectivity index (χ0v) is 15.5. The van der Waals surface area contributed by atoms with E-state index in [9.17, 15) is 9.90 Å². The van der Waals surface area contributed by atoms with Gasteiger partial charge in [0.15, 0.2) is 0 Å². The summed E-state index contributed by atoms with van der Waals surface area (Å²) in [4.78, 5) is 15.2. The van der Waals surface area contributed by atoms with Crippen molar-refractivity contribution in [1.82, 2.24) is 5.32 Å². The number of amides is 1. The summed E-state index contributed by atoms with van der Waals surface area (Å²) in [6.07, 6.45) is 5.33. The van der Waals surface area contributed by atoms with E-state index in [0.29, 0.717) is 0 Å². The van der Waals surface area contributed by atoms with Crippen LogP contribution in [0.25, 0.3) is 0 Å². The fourth-order valence-corrected chi connectivity index (χ4v) is 4.81. The molecule has 1 aliphatic rings. The summed E-state index contributed by atoms with van der Waals surface area (Å²) in [6.45, 7) is 0.255. The van der Waals surface area contributed by atoms with Crippen LogP contribution in [0, 0.1) is 0 Å². The Balaban J connectivity index is 1.65. The van der Waals surface area contributed by atoms with E-state index >= 15 is 0 Å². The van der Waals surface area contributed by atoms with Crippen molar-refractivity contribution in [2.24, 2.45) is 0 Å². The number of hydrogen-bond acceptors (Lipinski definition) is 4.